The van der Waals surface area contributed by atoms with Crippen molar-refractivity contribution in [1.29, 1.82) is 0 Å². The average Bonchev–Trinajstić information content (AvgIpc) is 2.47. The van der Waals surface area contributed by atoms with Gasteiger partial charge in [0.25, 0.3) is 0 Å². The van der Waals surface area contributed by atoms with Gasteiger partial charge >= 0.3 is 5.97 Å². The van der Waals surface area contributed by atoms with Crippen molar-refractivity contribution in [1.82, 2.24) is 0 Å². The van der Waals surface area contributed by atoms with Gasteiger partial charge in [0.2, 0.25) is 0 Å². The second kappa shape index (κ2) is 8.96. The van der Waals surface area contributed by atoms with Crippen LogP contribution >= 0.6 is 0 Å². The fourth-order valence-corrected chi connectivity index (χ4v) is 1.78. The number of methoxy groups -OCH3 is 1. The highest BCUT2D eigenvalue weighted by molar-refractivity contribution is 5.89. The van der Waals surface area contributed by atoms with Gasteiger partial charge in [-0.15, -0.1) is 5.16 Å². The summed E-state index contributed by atoms with van der Waals surface area (Å²) < 4.78 is 10.2. The first-order chi connectivity index (χ1) is 9.67. The number of unbranched alkanes of at least 4 members (excludes halogenated alkanes) is 1. The molecule has 0 aromatic heterocycles. The van der Waals surface area contributed by atoms with E-state index in [-0.39, 0.29) is 5.97 Å². The Balaban J connectivity index is 2.23. The summed E-state index contributed by atoms with van der Waals surface area (Å²) >= 11 is 0. The van der Waals surface area contributed by atoms with Gasteiger partial charge in [-0.1, -0.05) is 17.7 Å². The number of nitrogens with zero attached hydrogens (tertiary/aromatic N) is 1. The van der Waals surface area contributed by atoms with Crippen LogP contribution in [0.5, 0.6) is 5.75 Å². The van der Waals surface area contributed by atoms with E-state index >= 15 is 0 Å². The van der Waals surface area contributed by atoms with E-state index in [4.69, 9.17) is 9.94 Å². The molecule has 5 nitrogen and oxygen atoms in total. The van der Waals surface area contributed by atoms with Crippen molar-refractivity contribution in [3.8, 4) is 5.75 Å². The summed E-state index contributed by atoms with van der Waals surface area (Å²) in [5.41, 5.74) is 1.20. The molecule has 1 atom stereocenters. The summed E-state index contributed by atoms with van der Waals surface area (Å²) in [6.07, 6.45) is 3.39. The predicted octanol–water partition coefficient (Wildman–Crippen LogP) is 2.79. The van der Waals surface area contributed by atoms with Crippen molar-refractivity contribution in [3.63, 3.8) is 0 Å². The molecule has 1 aromatic carbocycles. The first-order valence-corrected chi connectivity index (χ1v) is 6.62. The minimum Gasteiger partial charge on any atom is -0.494 e. The third-order valence-electron chi connectivity index (χ3n) is 2.95. The minimum atomic E-state index is -0.496. The number of carbonyl (C=O) groups is 1. The summed E-state index contributed by atoms with van der Waals surface area (Å²) in [5, 5.41) is 11.4. The van der Waals surface area contributed by atoms with Gasteiger partial charge in [0, 0.05) is 0 Å². The van der Waals surface area contributed by atoms with Crippen LogP contribution in [0.4, 0.5) is 0 Å². The van der Waals surface area contributed by atoms with Gasteiger partial charge in [0.15, 0.2) is 0 Å². The van der Waals surface area contributed by atoms with Gasteiger partial charge in [0.05, 0.1) is 25.8 Å². The number of aryl methyl sites for hydroxylation is 1. The Hall–Kier alpha value is -2.04. The summed E-state index contributed by atoms with van der Waals surface area (Å²) in [5.74, 6) is -0.0383. The number of oxime groups is 1. The lowest BCUT2D eigenvalue weighted by atomic mass is 10.0. The predicted molar refractivity (Wildman–Crippen MR) is 76.3 cm³/mol. The Labute approximate surface area is 119 Å². The number of benzene rings is 1. The molecule has 1 aromatic rings. The standard InChI is InChI=1S/C15H21NO4/c1-12-6-8-14(9-7-12)20-10-4-3-5-13(11-16-18)15(17)19-2/h6-9,11,13,18H,3-5,10H2,1-2H3/b16-11-. The second-order valence-electron chi connectivity index (χ2n) is 4.55. The van der Waals surface area contributed by atoms with Gasteiger partial charge in [-0.2, -0.15) is 0 Å². The molecule has 0 heterocycles. The average molecular weight is 279 g/mol. The Morgan fingerprint density at radius 2 is 2.05 bits per heavy atom. The minimum absolute atomic E-state index is 0.387. The third kappa shape index (κ3) is 5.73. The van der Waals surface area contributed by atoms with Gasteiger partial charge in [-0.25, -0.2) is 0 Å². The maximum atomic E-state index is 11.4. The first-order valence-electron chi connectivity index (χ1n) is 6.62. The van der Waals surface area contributed by atoms with Crippen molar-refractivity contribution in [2.75, 3.05) is 13.7 Å². The van der Waals surface area contributed by atoms with Crippen LogP contribution in [0.25, 0.3) is 0 Å². The van der Waals surface area contributed by atoms with Crippen LogP contribution in [0.3, 0.4) is 0 Å². The van der Waals surface area contributed by atoms with Gasteiger partial charge in [0.1, 0.15) is 5.75 Å². The van der Waals surface area contributed by atoms with Crippen LogP contribution in [0, 0.1) is 12.8 Å². The van der Waals surface area contributed by atoms with E-state index in [9.17, 15) is 4.79 Å². The fourth-order valence-electron chi connectivity index (χ4n) is 1.78. The van der Waals surface area contributed by atoms with E-state index in [0.29, 0.717) is 13.0 Å². The van der Waals surface area contributed by atoms with E-state index in [1.54, 1.807) is 0 Å². The van der Waals surface area contributed by atoms with Crippen molar-refractivity contribution >= 4 is 12.2 Å². The van der Waals surface area contributed by atoms with Gasteiger partial charge < -0.3 is 14.7 Å². The SMILES string of the molecule is COC(=O)C(/C=N\O)CCCCOc1ccc(C)cc1. The number of rotatable bonds is 8. The maximum absolute atomic E-state index is 11.4. The van der Waals surface area contributed by atoms with E-state index in [2.05, 4.69) is 9.89 Å². The molecule has 1 N–H and O–H groups in total. The molecule has 0 aliphatic rings. The number of esters is 1. The molecule has 0 saturated carbocycles. The second-order valence-corrected chi connectivity index (χ2v) is 4.55. The summed E-state index contributed by atoms with van der Waals surface area (Å²) in [4.78, 5) is 11.4. The maximum Gasteiger partial charge on any atom is 0.314 e. The number of carbonyl (C=O) groups excluding carboxylic acids is 1. The normalized spacial score (nSPS) is 12.3. The summed E-state index contributed by atoms with van der Waals surface area (Å²) in [6.45, 7) is 2.62. The van der Waals surface area contributed by atoms with E-state index in [0.717, 1.165) is 18.6 Å². The van der Waals surface area contributed by atoms with E-state index in [1.165, 1.54) is 18.9 Å². The lowest BCUT2D eigenvalue weighted by Crippen LogP contribution is -2.17. The van der Waals surface area contributed by atoms with E-state index in [1.807, 2.05) is 31.2 Å². The highest BCUT2D eigenvalue weighted by atomic mass is 16.5. The smallest absolute Gasteiger partial charge is 0.314 e. The molecule has 0 radical (unpaired) electrons. The zero-order valence-electron chi connectivity index (χ0n) is 11.9. The fraction of sp³-hybridized carbons (Fsp3) is 0.467. The zero-order valence-corrected chi connectivity index (χ0v) is 11.9. The lowest BCUT2D eigenvalue weighted by molar-refractivity contribution is -0.143. The number of ether oxygens (including phenoxy) is 2. The molecule has 0 aliphatic heterocycles. The topological polar surface area (TPSA) is 68.1 Å². The van der Waals surface area contributed by atoms with Crippen LogP contribution < -0.4 is 4.74 Å². The van der Waals surface area contributed by atoms with Crippen molar-refractivity contribution in [2.45, 2.75) is 26.2 Å². The van der Waals surface area contributed by atoms with Gasteiger partial charge in [-0.05, 0) is 38.3 Å². The number of hydrogen-bond acceptors (Lipinski definition) is 5. The molecular formula is C15H21NO4. The monoisotopic (exact) mass is 279 g/mol. The molecule has 110 valence electrons. The highest BCUT2D eigenvalue weighted by Crippen LogP contribution is 2.13. The van der Waals surface area contributed by atoms with Gasteiger partial charge in [-0.3, -0.25) is 4.79 Å². The summed E-state index contributed by atoms with van der Waals surface area (Å²) in [6, 6.07) is 7.87. The van der Waals surface area contributed by atoms with Crippen LogP contribution in [-0.4, -0.2) is 31.1 Å². The molecule has 0 aliphatic carbocycles. The first kappa shape index (κ1) is 16.0. The molecular weight excluding hydrogens is 258 g/mol. The molecule has 20 heavy (non-hydrogen) atoms. The Bertz CT molecular complexity index is 428. The Morgan fingerprint density at radius 3 is 2.65 bits per heavy atom. The van der Waals surface area contributed by atoms with E-state index < -0.39 is 5.92 Å². The van der Waals surface area contributed by atoms with Crippen LogP contribution in [0.15, 0.2) is 29.4 Å². The molecule has 0 saturated heterocycles. The lowest BCUT2D eigenvalue weighted by Gasteiger charge is -2.09. The van der Waals surface area contributed by atoms with Crippen LogP contribution in [0.2, 0.25) is 0 Å². The largest absolute Gasteiger partial charge is 0.494 e. The molecule has 1 unspecified atom stereocenters. The molecule has 0 bridgehead atoms. The number of hydrogen-bond donors (Lipinski definition) is 1. The molecule has 1 rings (SSSR count). The van der Waals surface area contributed by atoms with Crippen molar-refractivity contribution in [2.24, 2.45) is 11.1 Å². The third-order valence-corrected chi connectivity index (χ3v) is 2.95. The van der Waals surface area contributed by atoms with Crippen LogP contribution in [-0.2, 0) is 9.53 Å². The Kier molecular flexibility index (Phi) is 7.17. The molecule has 5 heteroatoms. The van der Waals surface area contributed by atoms with Crippen molar-refractivity contribution < 1.29 is 19.5 Å². The molecule has 0 spiro atoms. The molecule has 0 fully saturated rings. The zero-order chi connectivity index (χ0) is 14.8. The summed E-state index contributed by atoms with van der Waals surface area (Å²) in [7, 11) is 1.32. The quantitative estimate of drug-likeness (QED) is 0.261. The molecule has 0 amide bonds. The van der Waals surface area contributed by atoms with Crippen LogP contribution in [0.1, 0.15) is 24.8 Å². The Morgan fingerprint density at radius 1 is 1.35 bits per heavy atom. The van der Waals surface area contributed by atoms with Crippen molar-refractivity contribution in [3.05, 3.63) is 29.8 Å². The highest BCUT2D eigenvalue weighted by Gasteiger charge is 2.16.